The van der Waals surface area contributed by atoms with Gasteiger partial charge in [-0.05, 0) is 24.6 Å². The van der Waals surface area contributed by atoms with Crippen molar-refractivity contribution in [3.05, 3.63) is 23.8 Å². The average molecular weight is 295 g/mol. The van der Waals surface area contributed by atoms with Crippen LogP contribution in [-0.4, -0.2) is 46.7 Å². The Bertz CT molecular complexity index is 438. The van der Waals surface area contributed by atoms with Crippen LogP contribution >= 0.6 is 0 Å². The first-order valence-corrected chi connectivity index (χ1v) is 7.39. The van der Waals surface area contributed by atoms with Crippen LogP contribution in [0, 0.1) is 0 Å². The van der Waals surface area contributed by atoms with Crippen molar-refractivity contribution in [3.63, 3.8) is 0 Å². The number of ether oxygens (including phenoxy) is 4. The van der Waals surface area contributed by atoms with Crippen LogP contribution in [0.5, 0.6) is 11.5 Å². The zero-order valence-electron chi connectivity index (χ0n) is 13.1. The van der Waals surface area contributed by atoms with Crippen LogP contribution in [0.3, 0.4) is 0 Å². The summed E-state index contributed by atoms with van der Waals surface area (Å²) < 4.78 is 21.8. The van der Waals surface area contributed by atoms with Crippen molar-refractivity contribution in [2.24, 2.45) is 0 Å². The minimum absolute atomic E-state index is 0.0536. The van der Waals surface area contributed by atoms with Gasteiger partial charge in [0.1, 0.15) is 0 Å². The van der Waals surface area contributed by atoms with Gasteiger partial charge in [0.25, 0.3) is 0 Å². The molecule has 0 aromatic heterocycles. The smallest absolute Gasteiger partial charge is 0.161 e. The summed E-state index contributed by atoms with van der Waals surface area (Å²) >= 11 is 0. The fraction of sp³-hybridized carbons (Fsp3) is 0.625. The first-order chi connectivity index (χ1) is 10.2. The van der Waals surface area contributed by atoms with Gasteiger partial charge >= 0.3 is 0 Å². The predicted octanol–water partition coefficient (Wildman–Crippen LogP) is 2.16. The topological polar surface area (TPSA) is 49.0 Å². The molecule has 0 amide bonds. The Morgan fingerprint density at radius 2 is 1.95 bits per heavy atom. The van der Waals surface area contributed by atoms with Gasteiger partial charge < -0.3 is 24.3 Å². The number of nitrogens with one attached hydrogen (secondary N) is 1. The maximum Gasteiger partial charge on any atom is 0.161 e. The molecule has 2 atom stereocenters. The molecule has 0 bridgehead atoms. The van der Waals surface area contributed by atoms with Crippen LogP contribution in [0.25, 0.3) is 0 Å². The molecule has 1 aliphatic rings. The van der Waals surface area contributed by atoms with Crippen molar-refractivity contribution in [2.75, 3.05) is 40.6 Å². The molecular weight excluding hydrogens is 270 g/mol. The molecule has 0 spiro atoms. The summed E-state index contributed by atoms with van der Waals surface area (Å²) in [7, 11) is 3.38. The Kier molecular flexibility index (Phi) is 6.29. The van der Waals surface area contributed by atoms with Crippen LogP contribution in [0.4, 0.5) is 0 Å². The third-order valence-corrected chi connectivity index (χ3v) is 3.61. The number of hydrogen-bond acceptors (Lipinski definition) is 5. The van der Waals surface area contributed by atoms with Gasteiger partial charge in [-0.3, -0.25) is 0 Å². The Balaban J connectivity index is 1.96. The molecule has 0 radical (unpaired) electrons. The standard InChI is InChI=1S/C16H25NO4/c1-12(17-10-14(19-3)11-18-2)13-5-6-15-16(9-13)21-8-4-7-20-15/h5-6,9,12,14,17H,4,7-8,10-11H2,1-3H3. The number of fused-ring (bicyclic) bond motifs is 1. The minimum Gasteiger partial charge on any atom is -0.490 e. The Hall–Kier alpha value is -1.30. The summed E-state index contributed by atoms with van der Waals surface area (Å²) in [4.78, 5) is 0. The normalized spacial score (nSPS) is 17.1. The van der Waals surface area contributed by atoms with Gasteiger partial charge in [0, 0.05) is 33.2 Å². The number of methoxy groups -OCH3 is 2. The van der Waals surface area contributed by atoms with Crippen LogP contribution in [0.1, 0.15) is 24.9 Å². The van der Waals surface area contributed by atoms with E-state index in [1.165, 1.54) is 5.56 Å². The van der Waals surface area contributed by atoms with Crippen LogP contribution in [0.2, 0.25) is 0 Å². The van der Waals surface area contributed by atoms with Gasteiger partial charge in [-0.1, -0.05) is 6.07 Å². The van der Waals surface area contributed by atoms with Gasteiger partial charge in [-0.15, -0.1) is 0 Å². The van der Waals surface area contributed by atoms with Gasteiger partial charge in [0.15, 0.2) is 11.5 Å². The summed E-state index contributed by atoms with van der Waals surface area (Å²) in [6.45, 7) is 4.86. The second-order valence-corrected chi connectivity index (χ2v) is 5.20. The SMILES string of the molecule is COCC(CNC(C)c1ccc2c(c1)OCCCO2)OC. The molecule has 1 N–H and O–H groups in total. The molecule has 1 heterocycles. The van der Waals surface area contributed by atoms with E-state index in [1.54, 1.807) is 14.2 Å². The minimum atomic E-state index is 0.0536. The van der Waals surface area contributed by atoms with Crippen molar-refractivity contribution in [1.82, 2.24) is 5.32 Å². The van der Waals surface area contributed by atoms with Crippen LogP contribution < -0.4 is 14.8 Å². The van der Waals surface area contributed by atoms with Crippen molar-refractivity contribution < 1.29 is 18.9 Å². The van der Waals surface area contributed by atoms with Crippen LogP contribution in [-0.2, 0) is 9.47 Å². The maximum atomic E-state index is 5.73. The third-order valence-electron chi connectivity index (χ3n) is 3.61. The van der Waals surface area contributed by atoms with Gasteiger partial charge in [0.2, 0.25) is 0 Å². The molecule has 0 fully saturated rings. The number of rotatable bonds is 7. The second kappa shape index (κ2) is 8.22. The monoisotopic (exact) mass is 295 g/mol. The molecule has 1 aliphatic heterocycles. The van der Waals surface area contributed by atoms with Gasteiger partial charge in [0.05, 0.1) is 25.9 Å². The van der Waals surface area contributed by atoms with E-state index in [0.717, 1.165) is 24.5 Å². The number of benzene rings is 1. The summed E-state index contributed by atoms with van der Waals surface area (Å²) in [6, 6.07) is 6.31. The molecule has 2 unspecified atom stereocenters. The van der Waals surface area contributed by atoms with E-state index in [1.807, 2.05) is 6.07 Å². The fourth-order valence-electron chi connectivity index (χ4n) is 2.27. The summed E-state index contributed by atoms with van der Waals surface area (Å²) in [5, 5.41) is 3.46. The van der Waals surface area contributed by atoms with Gasteiger partial charge in [-0.25, -0.2) is 0 Å². The molecule has 0 saturated carbocycles. The van der Waals surface area contributed by atoms with E-state index < -0.39 is 0 Å². The molecule has 118 valence electrons. The second-order valence-electron chi connectivity index (χ2n) is 5.20. The van der Waals surface area contributed by atoms with E-state index >= 15 is 0 Å². The van der Waals surface area contributed by atoms with E-state index in [2.05, 4.69) is 24.4 Å². The lowest BCUT2D eigenvalue weighted by molar-refractivity contribution is 0.0276. The molecule has 21 heavy (non-hydrogen) atoms. The number of hydrogen-bond donors (Lipinski definition) is 1. The first kappa shape index (κ1) is 16.1. The van der Waals surface area contributed by atoms with Crippen molar-refractivity contribution >= 4 is 0 Å². The summed E-state index contributed by atoms with van der Waals surface area (Å²) in [5.74, 6) is 1.66. The zero-order chi connectivity index (χ0) is 15.1. The average Bonchev–Trinajstić information content (AvgIpc) is 2.75. The maximum absolute atomic E-state index is 5.73. The van der Waals surface area contributed by atoms with E-state index in [-0.39, 0.29) is 12.1 Å². The summed E-state index contributed by atoms with van der Waals surface area (Å²) in [5.41, 5.74) is 1.17. The quantitative estimate of drug-likeness (QED) is 0.835. The van der Waals surface area contributed by atoms with Crippen molar-refractivity contribution in [3.8, 4) is 11.5 Å². The molecule has 5 nitrogen and oxygen atoms in total. The molecular formula is C16H25NO4. The molecule has 0 aliphatic carbocycles. The lowest BCUT2D eigenvalue weighted by atomic mass is 10.1. The third kappa shape index (κ3) is 4.59. The Labute approximate surface area is 126 Å². The molecule has 1 aromatic carbocycles. The van der Waals surface area contributed by atoms with Crippen LogP contribution in [0.15, 0.2) is 18.2 Å². The molecule has 2 rings (SSSR count). The highest BCUT2D eigenvalue weighted by Gasteiger charge is 2.15. The highest BCUT2D eigenvalue weighted by molar-refractivity contribution is 5.44. The molecule has 5 heteroatoms. The predicted molar refractivity (Wildman–Crippen MR) is 81.1 cm³/mol. The van der Waals surface area contributed by atoms with Gasteiger partial charge in [-0.2, -0.15) is 0 Å². The lowest BCUT2D eigenvalue weighted by Gasteiger charge is -2.20. The van der Waals surface area contributed by atoms with Crippen molar-refractivity contribution in [1.29, 1.82) is 0 Å². The zero-order valence-corrected chi connectivity index (χ0v) is 13.1. The highest BCUT2D eigenvalue weighted by Crippen LogP contribution is 2.32. The molecule has 0 saturated heterocycles. The Morgan fingerprint density at radius 3 is 2.67 bits per heavy atom. The summed E-state index contributed by atoms with van der Waals surface area (Å²) in [6.07, 6.45) is 0.975. The van der Waals surface area contributed by atoms with E-state index in [9.17, 15) is 0 Å². The molecule has 1 aromatic rings. The van der Waals surface area contributed by atoms with Crippen molar-refractivity contribution in [2.45, 2.75) is 25.5 Å². The van der Waals surface area contributed by atoms with E-state index in [4.69, 9.17) is 18.9 Å². The van der Waals surface area contributed by atoms with E-state index in [0.29, 0.717) is 19.8 Å². The first-order valence-electron chi connectivity index (χ1n) is 7.39. The highest BCUT2D eigenvalue weighted by atomic mass is 16.5. The largest absolute Gasteiger partial charge is 0.490 e. The Morgan fingerprint density at radius 1 is 1.19 bits per heavy atom. The lowest BCUT2D eigenvalue weighted by Crippen LogP contribution is -2.33. The fourth-order valence-corrected chi connectivity index (χ4v) is 2.27.